The molecule has 0 saturated carbocycles. The van der Waals surface area contributed by atoms with Crippen molar-refractivity contribution in [3.63, 3.8) is 0 Å². The van der Waals surface area contributed by atoms with Crippen LogP contribution in [0.2, 0.25) is 0 Å². The predicted molar refractivity (Wildman–Crippen MR) is 61.6 cm³/mol. The lowest BCUT2D eigenvalue weighted by Gasteiger charge is -2.23. The van der Waals surface area contributed by atoms with Gasteiger partial charge in [-0.25, -0.2) is 0 Å². The van der Waals surface area contributed by atoms with Crippen molar-refractivity contribution in [2.24, 2.45) is 0 Å². The van der Waals surface area contributed by atoms with E-state index in [9.17, 15) is 5.11 Å². The van der Waals surface area contributed by atoms with Gasteiger partial charge in [-0.2, -0.15) is 0 Å². The maximum absolute atomic E-state index is 9.70. The van der Waals surface area contributed by atoms with Crippen LogP contribution in [0.3, 0.4) is 0 Å². The molecule has 0 saturated heterocycles. The fourth-order valence-electron chi connectivity index (χ4n) is 1.50. The van der Waals surface area contributed by atoms with Crippen molar-refractivity contribution in [1.29, 1.82) is 0 Å². The Morgan fingerprint density at radius 1 is 1.21 bits per heavy atom. The summed E-state index contributed by atoms with van der Waals surface area (Å²) >= 11 is 0. The van der Waals surface area contributed by atoms with E-state index >= 15 is 0 Å². The van der Waals surface area contributed by atoms with Crippen molar-refractivity contribution in [3.8, 4) is 0 Å². The van der Waals surface area contributed by atoms with E-state index in [1.807, 2.05) is 0 Å². The molecule has 0 aromatic heterocycles. The molecular weight excluding hydrogens is 176 g/mol. The summed E-state index contributed by atoms with van der Waals surface area (Å²) in [5.74, 6) is 0. The summed E-state index contributed by atoms with van der Waals surface area (Å²) in [6.07, 6.45) is 2.05. The molecule has 0 rings (SSSR count). The zero-order valence-electron chi connectivity index (χ0n) is 9.92. The Kier molecular flexibility index (Phi) is 9.35. The SMILES string of the molecule is CCCNCC(O)CN(CC)CCC. The van der Waals surface area contributed by atoms with Gasteiger partial charge in [0.15, 0.2) is 0 Å². The van der Waals surface area contributed by atoms with Crippen LogP contribution in [0.4, 0.5) is 0 Å². The molecule has 0 spiro atoms. The fraction of sp³-hybridized carbons (Fsp3) is 1.00. The monoisotopic (exact) mass is 202 g/mol. The number of nitrogens with zero attached hydrogens (tertiary/aromatic N) is 1. The van der Waals surface area contributed by atoms with E-state index < -0.39 is 0 Å². The summed E-state index contributed by atoms with van der Waals surface area (Å²) in [6, 6.07) is 0. The van der Waals surface area contributed by atoms with Crippen LogP contribution in [0.5, 0.6) is 0 Å². The largest absolute Gasteiger partial charge is 0.390 e. The number of aliphatic hydroxyl groups is 1. The van der Waals surface area contributed by atoms with E-state index in [1.165, 1.54) is 0 Å². The van der Waals surface area contributed by atoms with Gasteiger partial charge in [-0.1, -0.05) is 20.8 Å². The van der Waals surface area contributed by atoms with Gasteiger partial charge in [0.05, 0.1) is 6.10 Å². The van der Waals surface area contributed by atoms with Gasteiger partial charge in [0.1, 0.15) is 0 Å². The minimum atomic E-state index is -0.229. The number of hydrogen-bond donors (Lipinski definition) is 2. The van der Waals surface area contributed by atoms with Gasteiger partial charge in [0.25, 0.3) is 0 Å². The van der Waals surface area contributed by atoms with Gasteiger partial charge < -0.3 is 15.3 Å². The number of likely N-dealkylation sites (N-methyl/N-ethyl adjacent to an activating group) is 1. The Labute approximate surface area is 88.5 Å². The Bertz CT molecular complexity index is 120. The van der Waals surface area contributed by atoms with Crippen LogP contribution < -0.4 is 5.32 Å². The third-order valence-corrected chi connectivity index (χ3v) is 2.26. The molecule has 0 heterocycles. The van der Waals surface area contributed by atoms with Crippen LogP contribution in [-0.4, -0.2) is 48.8 Å². The minimum Gasteiger partial charge on any atom is -0.390 e. The third kappa shape index (κ3) is 7.30. The van der Waals surface area contributed by atoms with Crippen LogP contribution in [0.15, 0.2) is 0 Å². The van der Waals surface area contributed by atoms with Gasteiger partial charge in [-0.3, -0.25) is 0 Å². The smallest absolute Gasteiger partial charge is 0.0791 e. The van der Waals surface area contributed by atoms with Gasteiger partial charge in [0, 0.05) is 13.1 Å². The molecule has 86 valence electrons. The normalized spacial score (nSPS) is 13.5. The second-order valence-corrected chi connectivity index (χ2v) is 3.75. The molecule has 1 unspecified atom stereocenters. The molecule has 0 fully saturated rings. The molecule has 2 N–H and O–H groups in total. The van der Waals surface area contributed by atoms with E-state index in [1.54, 1.807) is 0 Å². The molecule has 0 aliphatic rings. The molecule has 1 atom stereocenters. The van der Waals surface area contributed by atoms with E-state index in [0.29, 0.717) is 6.54 Å². The van der Waals surface area contributed by atoms with E-state index in [2.05, 4.69) is 31.0 Å². The van der Waals surface area contributed by atoms with Gasteiger partial charge in [0.2, 0.25) is 0 Å². The topological polar surface area (TPSA) is 35.5 Å². The number of aliphatic hydroxyl groups excluding tert-OH is 1. The van der Waals surface area contributed by atoms with Crippen LogP contribution >= 0.6 is 0 Å². The molecule has 0 amide bonds. The maximum Gasteiger partial charge on any atom is 0.0791 e. The molecule has 0 aliphatic carbocycles. The van der Waals surface area contributed by atoms with Crippen molar-refractivity contribution >= 4 is 0 Å². The lowest BCUT2D eigenvalue weighted by atomic mass is 10.3. The van der Waals surface area contributed by atoms with Gasteiger partial charge in [-0.15, -0.1) is 0 Å². The molecule has 0 radical (unpaired) electrons. The first-order valence-corrected chi connectivity index (χ1v) is 5.85. The van der Waals surface area contributed by atoms with E-state index in [0.717, 1.165) is 39.0 Å². The summed E-state index contributed by atoms with van der Waals surface area (Å²) in [6.45, 7) is 11.1. The summed E-state index contributed by atoms with van der Waals surface area (Å²) < 4.78 is 0. The van der Waals surface area contributed by atoms with Crippen LogP contribution in [0, 0.1) is 0 Å². The summed E-state index contributed by atoms with van der Waals surface area (Å²) in [7, 11) is 0. The molecule has 3 heteroatoms. The van der Waals surface area contributed by atoms with Crippen molar-refractivity contribution in [3.05, 3.63) is 0 Å². The van der Waals surface area contributed by atoms with E-state index in [-0.39, 0.29) is 6.10 Å². The fourth-order valence-corrected chi connectivity index (χ4v) is 1.50. The van der Waals surface area contributed by atoms with Crippen molar-refractivity contribution in [1.82, 2.24) is 10.2 Å². The molecular formula is C11H26N2O. The van der Waals surface area contributed by atoms with Crippen LogP contribution in [-0.2, 0) is 0 Å². The van der Waals surface area contributed by atoms with Crippen LogP contribution in [0.1, 0.15) is 33.6 Å². The Morgan fingerprint density at radius 2 is 1.93 bits per heavy atom. The molecule has 14 heavy (non-hydrogen) atoms. The second-order valence-electron chi connectivity index (χ2n) is 3.75. The Morgan fingerprint density at radius 3 is 2.43 bits per heavy atom. The zero-order chi connectivity index (χ0) is 10.8. The number of nitrogens with one attached hydrogen (secondary N) is 1. The Balaban J connectivity index is 3.51. The molecule has 0 aliphatic heterocycles. The Hall–Kier alpha value is -0.120. The first-order valence-electron chi connectivity index (χ1n) is 5.85. The standard InChI is InChI=1S/C11H26N2O/c1-4-7-12-9-11(14)10-13(6-3)8-5-2/h11-12,14H,4-10H2,1-3H3. The molecule has 0 aromatic carbocycles. The number of hydrogen-bond acceptors (Lipinski definition) is 3. The second kappa shape index (κ2) is 9.44. The lowest BCUT2D eigenvalue weighted by molar-refractivity contribution is 0.114. The molecule has 0 bridgehead atoms. The van der Waals surface area contributed by atoms with Crippen molar-refractivity contribution in [2.75, 3.05) is 32.7 Å². The first-order chi connectivity index (χ1) is 6.74. The van der Waals surface area contributed by atoms with Gasteiger partial charge in [-0.05, 0) is 32.5 Å². The number of rotatable bonds is 9. The third-order valence-electron chi connectivity index (χ3n) is 2.26. The van der Waals surface area contributed by atoms with Crippen molar-refractivity contribution < 1.29 is 5.11 Å². The molecule has 3 nitrogen and oxygen atoms in total. The highest BCUT2D eigenvalue weighted by Crippen LogP contribution is 1.93. The highest BCUT2D eigenvalue weighted by atomic mass is 16.3. The maximum atomic E-state index is 9.70. The molecule has 0 aromatic rings. The van der Waals surface area contributed by atoms with Crippen LogP contribution in [0.25, 0.3) is 0 Å². The zero-order valence-corrected chi connectivity index (χ0v) is 9.92. The quantitative estimate of drug-likeness (QED) is 0.549. The highest BCUT2D eigenvalue weighted by Gasteiger charge is 2.08. The summed E-state index contributed by atoms with van der Waals surface area (Å²) in [5.41, 5.74) is 0. The summed E-state index contributed by atoms with van der Waals surface area (Å²) in [5, 5.41) is 12.9. The average Bonchev–Trinajstić information content (AvgIpc) is 2.17. The summed E-state index contributed by atoms with van der Waals surface area (Å²) in [4.78, 5) is 2.29. The predicted octanol–water partition coefficient (Wildman–Crippen LogP) is 1.08. The van der Waals surface area contributed by atoms with Crippen molar-refractivity contribution in [2.45, 2.75) is 39.7 Å². The lowest BCUT2D eigenvalue weighted by Crippen LogP contribution is -2.38. The van der Waals surface area contributed by atoms with Gasteiger partial charge >= 0.3 is 0 Å². The minimum absolute atomic E-state index is 0.229. The first kappa shape index (κ1) is 13.9. The highest BCUT2D eigenvalue weighted by molar-refractivity contribution is 4.65. The average molecular weight is 202 g/mol. The van der Waals surface area contributed by atoms with E-state index in [4.69, 9.17) is 0 Å².